The van der Waals surface area contributed by atoms with Crippen LogP contribution in [0.15, 0.2) is 88.0 Å². The molecule has 0 spiro atoms. The second kappa shape index (κ2) is 11.1. The molecule has 3 heterocycles. The normalized spacial score (nSPS) is 21.1. The lowest BCUT2D eigenvalue weighted by Gasteiger charge is -2.36. The molecule has 7 nitrogen and oxygen atoms in total. The molecule has 1 saturated heterocycles. The molecule has 2 aromatic carbocycles. The van der Waals surface area contributed by atoms with Crippen molar-refractivity contribution in [2.75, 3.05) is 13.2 Å². The fraction of sp³-hybridized carbons (Fsp3) is 0.321. The molecule has 0 aromatic heterocycles. The van der Waals surface area contributed by atoms with Gasteiger partial charge < -0.3 is 19.7 Å². The summed E-state index contributed by atoms with van der Waals surface area (Å²) >= 11 is 1.47. The van der Waals surface area contributed by atoms with Crippen molar-refractivity contribution in [3.63, 3.8) is 0 Å². The van der Waals surface area contributed by atoms with E-state index in [2.05, 4.69) is 5.32 Å². The number of thioether (sulfide) groups is 1. The number of ether oxygens (including phenoxy) is 2. The number of carbonyl (C=O) groups excluding carboxylic acids is 2. The van der Waals surface area contributed by atoms with Gasteiger partial charge in [0, 0.05) is 18.8 Å². The third-order valence-electron chi connectivity index (χ3n) is 6.44. The highest BCUT2D eigenvalue weighted by atomic mass is 32.2. The van der Waals surface area contributed by atoms with Gasteiger partial charge >= 0.3 is 5.97 Å². The Balaban J connectivity index is 1.37. The lowest BCUT2D eigenvalue weighted by molar-refractivity contribution is -0.141. The van der Waals surface area contributed by atoms with Crippen molar-refractivity contribution < 1.29 is 19.1 Å². The minimum Gasteiger partial charge on any atom is -0.457 e. The van der Waals surface area contributed by atoms with E-state index >= 15 is 0 Å². The monoisotopic (exact) mass is 503 g/mol. The number of nitrogens with zero attached hydrogens (tertiary/aromatic N) is 2. The summed E-state index contributed by atoms with van der Waals surface area (Å²) < 4.78 is 11.4. The van der Waals surface area contributed by atoms with Gasteiger partial charge in [0.15, 0.2) is 5.17 Å². The predicted molar refractivity (Wildman–Crippen MR) is 140 cm³/mol. The van der Waals surface area contributed by atoms with Crippen molar-refractivity contribution in [1.29, 1.82) is 0 Å². The molecular weight excluding hydrogens is 474 g/mol. The number of hydrogen-bond donors (Lipinski definition) is 1. The minimum atomic E-state index is -0.436. The van der Waals surface area contributed by atoms with Gasteiger partial charge in [0.2, 0.25) is 5.91 Å². The maximum atomic E-state index is 13.4. The summed E-state index contributed by atoms with van der Waals surface area (Å²) in [6.45, 7) is 3.28. The molecule has 2 atom stereocenters. The maximum Gasteiger partial charge on any atom is 0.338 e. The van der Waals surface area contributed by atoms with E-state index in [-0.39, 0.29) is 25.0 Å². The van der Waals surface area contributed by atoms with Crippen LogP contribution in [0, 0.1) is 0 Å². The number of nitrogens with one attached hydrogen (secondary N) is 1. The van der Waals surface area contributed by atoms with Crippen molar-refractivity contribution in [3.8, 4) is 0 Å². The van der Waals surface area contributed by atoms with Crippen LogP contribution < -0.4 is 5.32 Å². The van der Waals surface area contributed by atoms with E-state index in [0.29, 0.717) is 17.8 Å². The Bertz CT molecular complexity index is 1200. The first kappa shape index (κ1) is 24.3. The molecular formula is C28H29N3O4S. The van der Waals surface area contributed by atoms with Gasteiger partial charge in [-0.25, -0.2) is 9.79 Å². The van der Waals surface area contributed by atoms with Crippen LogP contribution in [0.3, 0.4) is 0 Å². The van der Waals surface area contributed by atoms with E-state index in [9.17, 15) is 9.59 Å². The number of fused-ring (bicyclic) bond motifs is 1. The Morgan fingerprint density at radius 1 is 1.14 bits per heavy atom. The van der Waals surface area contributed by atoms with Gasteiger partial charge in [-0.05, 0) is 36.3 Å². The molecule has 5 rings (SSSR count). The van der Waals surface area contributed by atoms with Crippen molar-refractivity contribution in [1.82, 2.24) is 10.2 Å². The quantitative estimate of drug-likeness (QED) is 0.527. The number of aliphatic imine (C=N–C) groups is 1. The molecule has 1 amide bonds. The number of benzene rings is 2. The molecule has 8 heteroatoms. The van der Waals surface area contributed by atoms with E-state index in [1.807, 2.05) is 77.9 Å². The Morgan fingerprint density at radius 3 is 2.61 bits per heavy atom. The number of esters is 1. The van der Waals surface area contributed by atoms with E-state index < -0.39 is 12.0 Å². The zero-order chi connectivity index (χ0) is 24.9. The van der Waals surface area contributed by atoms with Crippen LogP contribution in [0.25, 0.3) is 0 Å². The highest BCUT2D eigenvalue weighted by Crippen LogP contribution is 2.44. The summed E-state index contributed by atoms with van der Waals surface area (Å²) in [5.74, 6) is -0.489. The van der Waals surface area contributed by atoms with Gasteiger partial charge in [-0.3, -0.25) is 4.79 Å². The van der Waals surface area contributed by atoms with Crippen molar-refractivity contribution in [2.24, 2.45) is 4.99 Å². The summed E-state index contributed by atoms with van der Waals surface area (Å²) in [6.07, 6.45) is 2.27. The predicted octanol–water partition coefficient (Wildman–Crippen LogP) is 4.69. The van der Waals surface area contributed by atoms with Crippen LogP contribution in [0.2, 0.25) is 0 Å². The topological polar surface area (TPSA) is 80.2 Å². The highest BCUT2D eigenvalue weighted by Gasteiger charge is 2.41. The van der Waals surface area contributed by atoms with Crippen LogP contribution in [0.4, 0.5) is 0 Å². The first-order valence-corrected chi connectivity index (χ1v) is 13.1. The number of rotatable bonds is 8. The third-order valence-corrected chi connectivity index (χ3v) is 7.33. The van der Waals surface area contributed by atoms with Gasteiger partial charge in [-0.15, -0.1) is 0 Å². The van der Waals surface area contributed by atoms with Crippen LogP contribution >= 0.6 is 11.8 Å². The van der Waals surface area contributed by atoms with Gasteiger partial charge in [0.1, 0.15) is 6.61 Å². The Morgan fingerprint density at radius 2 is 1.89 bits per heavy atom. The Kier molecular flexibility index (Phi) is 7.53. The molecule has 0 unspecified atom stereocenters. The summed E-state index contributed by atoms with van der Waals surface area (Å²) in [7, 11) is 0. The third kappa shape index (κ3) is 5.39. The highest BCUT2D eigenvalue weighted by molar-refractivity contribution is 8.16. The average Bonchev–Trinajstić information content (AvgIpc) is 3.56. The fourth-order valence-corrected chi connectivity index (χ4v) is 5.61. The standard InChI is InChI=1S/C28H29N3O4S/c1-19-25(27(33)35-17-20-9-4-2-5-10-20)26(21-11-6-3-7-12-21)31-22(18-36-28(31)30-19)15-24(32)29-16-23-13-8-14-34-23/h2-7,9-12,18,23,26H,8,13-17H2,1H3,(H,29,32)/t23-,26+/m0/s1. The number of carbonyl (C=O) groups is 2. The molecule has 186 valence electrons. The van der Waals surface area contributed by atoms with Crippen molar-refractivity contribution >= 4 is 28.8 Å². The van der Waals surface area contributed by atoms with Crippen LogP contribution in [0.5, 0.6) is 0 Å². The molecule has 3 aliphatic rings. The lowest BCUT2D eigenvalue weighted by atomic mass is 9.94. The van der Waals surface area contributed by atoms with Crippen LogP contribution in [-0.2, 0) is 25.7 Å². The van der Waals surface area contributed by atoms with E-state index in [1.54, 1.807) is 0 Å². The summed E-state index contributed by atoms with van der Waals surface area (Å²) in [6, 6.07) is 19.0. The van der Waals surface area contributed by atoms with Crippen LogP contribution in [0.1, 0.15) is 43.4 Å². The summed E-state index contributed by atoms with van der Waals surface area (Å²) in [5.41, 5.74) is 3.76. The van der Waals surface area contributed by atoms with Gasteiger partial charge in [0.25, 0.3) is 0 Å². The SMILES string of the molecule is CC1=C(C(=O)OCc2ccccc2)[C@@H](c2ccccc2)N2C(CC(=O)NC[C@@H]3CCCO3)=CSC2=N1. The summed E-state index contributed by atoms with van der Waals surface area (Å²) in [4.78, 5) is 33.0. The second-order valence-corrected chi connectivity index (χ2v) is 9.82. The Hall–Kier alpha value is -3.36. The molecule has 0 bridgehead atoms. The molecule has 1 N–H and O–H groups in total. The van der Waals surface area contributed by atoms with Gasteiger partial charge in [0.05, 0.1) is 29.8 Å². The summed E-state index contributed by atoms with van der Waals surface area (Å²) in [5, 5.41) is 5.70. The first-order valence-electron chi connectivity index (χ1n) is 12.2. The van der Waals surface area contributed by atoms with E-state index in [4.69, 9.17) is 14.5 Å². The van der Waals surface area contributed by atoms with Crippen molar-refractivity contribution in [2.45, 2.75) is 44.9 Å². The van der Waals surface area contributed by atoms with E-state index in [1.165, 1.54) is 11.8 Å². The zero-order valence-electron chi connectivity index (χ0n) is 20.2. The fourth-order valence-electron chi connectivity index (χ4n) is 4.64. The Labute approximate surface area is 215 Å². The largest absolute Gasteiger partial charge is 0.457 e. The molecule has 2 aromatic rings. The van der Waals surface area contributed by atoms with E-state index in [0.717, 1.165) is 41.4 Å². The van der Waals surface area contributed by atoms with Gasteiger partial charge in [-0.1, -0.05) is 72.4 Å². The zero-order valence-corrected chi connectivity index (χ0v) is 21.0. The van der Waals surface area contributed by atoms with Crippen LogP contribution in [-0.4, -0.2) is 41.2 Å². The number of amides is 1. The smallest absolute Gasteiger partial charge is 0.338 e. The molecule has 0 aliphatic carbocycles. The molecule has 1 fully saturated rings. The lowest BCUT2D eigenvalue weighted by Crippen LogP contribution is -2.38. The maximum absolute atomic E-state index is 13.4. The van der Waals surface area contributed by atoms with Crippen molar-refractivity contribution in [3.05, 3.63) is 94.2 Å². The molecule has 36 heavy (non-hydrogen) atoms. The molecule has 0 saturated carbocycles. The second-order valence-electron chi connectivity index (χ2n) is 8.98. The first-order chi connectivity index (χ1) is 17.6. The molecule has 0 radical (unpaired) electrons. The number of amidine groups is 1. The number of hydrogen-bond acceptors (Lipinski definition) is 7. The minimum absolute atomic E-state index is 0.0788. The van der Waals surface area contributed by atoms with Gasteiger partial charge in [-0.2, -0.15) is 0 Å². The molecule has 3 aliphatic heterocycles. The average molecular weight is 504 g/mol. The number of allylic oxidation sites excluding steroid dienone is 1.